The second kappa shape index (κ2) is 12.1. The van der Waals surface area contributed by atoms with Crippen LogP contribution in [0.25, 0.3) is 16.9 Å². The van der Waals surface area contributed by atoms with Crippen LogP contribution in [0.15, 0.2) is 65.5 Å². The maximum absolute atomic E-state index is 13.8. The van der Waals surface area contributed by atoms with Gasteiger partial charge in [-0.25, -0.2) is 14.0 Å². The average molecular weight is 510 g/mol. The Bertz CT molecular complexity index is 1350. The van der Waals surface area contributed by atoms with Crippen LogP contribution in [0.5, 0.6) is 5.75 Å². The number of fused-ring (bicyclic) bond motifs is 3. The summed E-state index contributed by atoms with van der Waals surface area (Å²) in [7, 11) is 4.02. The molecule has 4 rings (SSSR count). The lowest BCUT2D eigenvalue weighted by Crippen LogP contribution is -2.30. The molecule has 0 radical (unpaired) electrons. The molecule has 1 aliphatic carbocycles. The number of rotatable bonds is 7. The summed E-state index contributed by atoms with van der Waals surface area (Å²) in [5.41, 5.74) is 3.80. The molecule has 0 spiro atoms. The summed E-state index contributed by atoms with van der Waals surface area (Å²) in [5, 5.41) is 20.2. The maximum Gasteiger partial charge on any atom is 0.328 e. The summed E-state index contributed by atoms with van der Waals surface area (Å²) in [5.74, 6) is -2.08. The third kappa shape index (κ3) is 7.34. The van der Waals surface area contributed by atoms with E-state index in [1.54, 1.807) is 12.1 Å². The molecule has 0 aliphatic heterocycles. The molecule has 2 N–H and O–H groups in total. The van der Waals surface area contributed by atoms with Crippen LogP contribution in [0.2, 0.25) is 0 Å². The third-order valence-corrected chi connectivity index (χ3v) is 5.82. The summed E-state index contributed by atoms with van der Waals surface area (Å²) in [4.78, 5) is 33.8. The summed E-state index contributed by atoms with van der Waals surface area (Å²) in [6, 6.07) is 14.0. The molecule has 0 saturated carbocycles. The van der Waals surface area contributed by atoms with E-state index in [0.717, 1.165) is 35.3 Å². The minimum atomic E-state index is -1.26. The number of carbonyl (C=O) groups is 2. The summed E-state index contributed by atoms with van der Waals surface area (Å²) < 4.78 is 21.0. The van der Waals surface area contributed by atoms with Crippen molar-refractivity contribution in [3.8, 4) is 22.7 Å². The highest BCUT2D eigenvalue weighted by Crippen LogP contribution is 2.31. The number of aliphatic carboxylic acids is 2. The maximum atomic E-state index is 13.8. The third-order valence-electron chi connectivity index (χ3n) is 5.82. The predicted octanol–water partition coefficient (Wildman–Crippen LogP) is 3.18. The Balaban J connectivity index is 0.000000414. The van der Waals surface area contributed by atoms with Gasteiger partial charge < -0.3 is 19.8 Å². The number of halogens is 1. The first-order chi connectivity index (χ1) is 17.5. The van der Waals surface area contributed by atoms with Crippen LogP contribution in [0.1, 0.15) is 18.1 Å². The Morgan fingerprint density at radius 2 is 1.68 bits per heavy atom. The van der Waals surface area contributed by atoms with Gasteiger partial charge in [-0.2, -0.15) is 9.78 Å². The monoisotopic (exact) mass is 509 g/mol. The fourth-order valence-electron chi connectivity index (χ4n) is 3.54. The Morgan fingerprint density at radius 1 is 1.05 bits per heavy atom. The van der Waals surface area contributed by atoms with Crippen LogP contribution in [0.4, 0.5) is 4.39 Å². The SMILES string of the molecule is CC(COc1ccc(-n2nc3c(cc2=O)CCc2ccc(F)cc2-3)cc1)N(C)C.O=C(O)C=CC(=O)O. The molecule has 0 bridgehead atoms. The molecule has 194 valence electrons. The number of hydrogen-bond donors (Lipinski definition) is 2. The standard InChI is InChI=1S/C23H24FN3O2.C4H4O4/c1-15(26(2)3)14-29-20-10-8-19(9-11-20)27-22(28)12-17-5-4-16-6-7-18(24)13-21(16)23(17)25-27;5-3(6)1-2-4(7)8/h6-13,15H,4-5,14H2,1-3H3;1-2H,(H,5,6)(H,7,8). The first-order valence-electron chi connectivity index (χ1n) is 11.5. The van der Waals surface area contributed by atoms with E-state index in [0.29, 0.717) is 36.2 Å². The van der Waals surface area contributed by atoms with E-state index in [9.17, 15) is 18.8 Å². The average Bonchev–Trinajstić information content (AvgIpc) is 2.86. The first kappa shape index (κ1) is 27.3. The minimum Gasteiger partial charge on any atom is -0.492 e. The van der Waals surface area contributed by atoms with E-state index >= 15 is 0 Å². The highest BCUT2D eigenvalue weighted by molar-refractivity contribution is 5.89. The number of benzene rings is 2. The molecule has 10 heteroatoms. The Hall–Kier alpha value is -4.31. The second-order valence-corrected chi connectivity index (χ2v) is 8.70. The van der Waals surface area contributed by atoms with Crippen LogP contribution in [0, 0.1) is 5.82 Å². The molecule has 0 fully saturated rings. The van der Waals surface area contributed by atoms with Gasteiger partial charge in [-0.15, -0.1) is 0 Å². The van der Waals surface area contributed by atoms with Gasteiger partial charge in [-0.1, -0.05) is 6.07 Å². The van der Waals surface area contributed by atoms with E-state index in [1.165, 1.54) is 16.8 Å². The van der Waals surface area contributed by atoms with Gasteiger partial charge in [0.15, 0.2) is 0 Å². The van der Waals surface area contributed by atoms with Gasteiger partial charge >= 0.3 is 11.9 Å². The first-order valence-corrected chi connectivity index (χ1v) is 11.5. The molecular weight excluding hydrogens is 481 g/mol. The van der Waals surface area contributed by atoms with Gasteiger partial charge in [0.05, 0.1) is 11.4 Å². The van der Waals surface area contributed by atoms with E-state index < -0.39 is 11.9 Å². The number of carboxylic acid groups (broad SMARTS) is 2. The molecule has 1 atom stereocenters. The fraction of sp³-hybridized carbons (Fsp3) is 0.259. The molecule has 1 aromatic heterocycles. The van der Waals surface area contributed by atoms with Crippen molar-refractivity contribution in [3.05, 3.63) is 88.0 Å². The highest BCUT2D eigenvalue weighted by Gasteiger charge is 2.20. The second-order valence-electron chi connectivity index (χ2n) is 8.70. The van der Waals surface area contributed by atoms with E-state index in [-0.39, 0.29) is 11.4 Å². The predicted molar refractivity (Wildman–Crippen MR) is 136 cm³/mol. The van der Waals surface area contributed by atoms with Crippen molar-refractivity contribution in [2.45, 2.75) is 25.8 Å². The topological polar surface area (TPSA) is 122 Å². The van der Waals surface area contributed by atoms with Gasteiger partial charge in [0, 0.05) is 29.8 Å². The molecule has 2 aromatic carbocycles. The zero-order chi connectivity index (χ0) is 27.1. The van der Waals surface area contributed by atoms with Crippen LogP contribution >= 0.6 is 0 Å². The molecular formula is C27H28FN3O6. The van der Waals surface area contributed by atoms with Crippen LogP contribution in [0.3, 0.4) is 0 Å². The van der Waals surface area contributed by atoms with Gasteiger partial charge in [-0.05, 0) is 81.4 Å². The number of hydrogen-bond acceptors (Lipinski definition) is 6. The van der Waals surface area contributed by atoms with E-state index in [1.807, 2.05) is 38.4 Å². The van der Waals surface area contributed by atoms with Crippen LogP contribution in [-0.4, -0.2) is 63.6 Å². The zero-order valence-electron chi connectivity index (χ0n) is 20.7. The van der Waals surface area contributed by atoms with E-state index in [2.05, 4.69) is 16.9 Å². The number of aromatic nitrogens is 2. The Morgan fingerprint density at radius 3 is 2.27 bits per heavy atom. The lowest BCUT2D eigenvalue weighted by atomic mass is 9.89. The number of likely N-dealkylation sites (N-methyl/N-ethyl adjacent to an activating group) is 1. The van der Waals surface area contributed by atoms with Crippen molar-refractivity contribution in [3.63, 3.8) is 0 Å². The van der Waals surface area contributed by atoms with Gasteiger partial charge in [0.25, 0.3) is 5.56 Å². The van der Waals surface area contributed by atoms with Crippen molar-refractivity contribution in [1.29, 1.82) is 0 Å². The number of nitrogens with zero attached hydrogens (tertiary/aromatic N) is 3. The molecule has 37 heavy (non-hydrogen) atoms. The van der Waals surface area contributed by atoms with Gasteiger partial charge in [0.2, 0.25) is 0 Å². The Labute approximate surface area is 213 Å². The molecule has 3 aromatic rings. The smallest absolute Gasteiger partial charge is 0.328 e. The summed E-state index contributed by atoms with van der Waals surface area (Å²) in [6.45, 7) is 2.66. The van der Waals surface area contributed by atoms with Crippen molar-refractivity contribution >= 4 is 11.9 Å². The lowest BCUT2D eigenvalue weighted by Gasteiger charge is -2.20. The van der Waals surface area contributed by atoms with Gasteiger partial charge in [0.1, 0.15) is 18.2 Å². The van der Waals surface area contributed by atoms with E-state index in [4.69, 9.17) is 14.9 Å². The van der Waals surface area contributed by atoms with Crippen LogP contribution in [-0.2, 0) is 22.4 Å². The molecule has 1 unspecified atom stereocenters. The Kier molecular flexibility index (Phi) is 8.91. The number of ether oxygens (including phenoxy) is 1. The van der Waals surface area contributed by atoms with Crippen molar-refractivity contribution in [1.82, 2.24) is 14.7 Å². The number of aryl methyl sites for hydroxylation is 2. The van der Waals surface area contributed by atoms with Crippen molar-refractivity contribution in [2.24, 2.45) is 0 Å². The summed E-state index contributed by atoms with van der Waals surface area (Å²) >= 11 is 0. The molecule has 1 heterocycles. The largest absolute Gasteiger partial charge is 0.492 e. The van der Waals surface area contributed by atoms with Crippen molar-refractivity contribution < 1.29 is 28.9 Å². The minimum absolute atomic E-state index is 0.196. The zero-order valence-corrected chi connectivity index (χ0v) is 20.7. The quantitative estimate of drug-likeness (QED) is 0.466. The normalized spacial score (nSPS) is 12.8. The fourth-order valence-corrected chi connectivity index (χ4v) is 3.54. The summed E-state index contributed by atoms with van der Waals surface area (Å²) in [6.07, 6.45) is 2.63. The molecule has 0 amide bonds. The highest BCUT2D eigenvalue weighted by atomic mass is 19.1. The molecule has 0 saturated heterocycles. The number of carboxylic acids is 2. The van der Waals surface area contributed by atoms with Gasteiger partial charge in [-0.3, -0.25) is 4.79 Å². The van der Waals surface area contributed by atoms with Crippen molar-refractivity contribution in [2.75, 3.05) is 20.7 Å². The lowest BCUT2D eigenvalue weighted by molar-refractivity contribution is -0.134. The van der Waals surface area contributed by atoms with Crippen LogP contribution < -0.4 is 10.3 Å². The molecule has 9 nitrogen and oxygen atoms in total. The molecule has 1 aliphatic rings.